The Morgan fingerprint density at radius 3 is 2.12 bits per heavy atom. The highest BCUT2D eigenvalue weighted by Crippen LogP contribution is 2.22. The molecule has 0 saturated carbocycles. The zero-order chi connectivity index (χ0) is 19.2. The summed E-state index contributed by atoms with van der Waals surface area (Å²) in [5.74, 6) is -0.679. The van der Waals surface area contributed by atoms with Crippen LogP contribution >= 0.6 is 0 Å². The van der Waals surface area contributed by atoms with Crippen molar-refractivity contribution in [3.63, 3.8) is 0 Å². The van der Waals surface area contributed by atoms with Gasteiger partial charge in [-0.2, -0.15) is 0 Å². The summed E-state index contributed by atoms with van der Waals surface area (Å²) in [6.07, 6.45) is 1.37. The summed E-state index contributed by atoms with van der Waals surface area (Å²) < 4.78 is 0. The molecule has 26 heavy (non-hydrogen) atoms. The highest BCUT2D eigenvalue weighted by atomic mass is 16.2. The van der Waals surface area contributed by atoms with Gasteiger partial charge in [-0.05, 0) is 28.5 Å². The lowest BCUT2D eigenvalue weighted by atomic mass is 9.86. The van der Waals surface area contributed by atoms with Gasteiger partial charge in [-0.3, -0.25) is 9.59 Å². The molecule has 0 saturated heterocycles. The number of hydrogen-bond acceptors (Lipinski definition) is 2. The molecule has 3 N–H and O–H groups in total. The molecule has 138 valence electrons. The maximum absolute atomic E-state index is 12.2. The van der Waals surface area contributed by atoms with Crippen LogP contribution < -0.4 is 11.1 Å². The second kappa shape index (κ2) is 8.65. The van der Waals surface area contributed by atoms with Crippen LogP contribution in [-0.4, -0.2) is 17.9 Å². The molecule has 4 nitrogen and oxygen atoms in total. The summed E-state index contributed by atoms with van der Waals surface area (Å²) in [6, 6.07) is 17.2. The summed E-state index contributed by atoms with van der Waals surface area (Å²) in [6.45, 7) is 6.46. The number of hydrogen-bond donors (Lipinski definition) is 2. The lowest BCUT2D eigenvalue weighted by molar-refractivity contribution is -0.127. The maximum atomic E-state index is 12.2. The molecule has 0 spiro atoms. The first-order valence-electron chi connectivity index (χ1n) is 8.98. The van der Waals surface area contributed by atoms with Crippen LogP contribution in [0.1, 0.15) is 43.9 Å². The van der Waals surface area contributed by atoms with Gasteiger partial charge in [0.1, 0.15) is 6.04 Å². The van der Waals surface area contributed by atoms with E-state index in [0.717, 1.165) is 11.1 Å². The summed E-state index contributed by atoms with van der Waals surface area (Å²) in [4.78, 5) is 23.9. The minimum Gasteiger partial charge on any atom is -0.368 e. The molecule has 2 rings (SSSR count). The number of benzene rings is 2. The van der Waals surface area contributed by atoms with Gasteiger partial charge in [-0.25, -0.2) is 0 Å². The zero-order valence-corrected chi connectivity index (χ0v) is 15.8. The Kier molecular flexibility index (Phi) is 6.56. The van der Waals surface area contributed by atoms with Crippen LogP contribution in [-0.2, 0) is 27.8 Å². The standard InChI is InChI=1S/C22H28N2O2/c1-22(2,3)18-12-9-17(10-13-18)15-19(21(23)26)24-20(25)14-11-16-7-5-4-6-8-16/h4-10,12-13,19H,11,14-15H2,1-3H3,(H2,23,26)(H,24,25)/t19-/m0/s1. The van der Waals surface area contributed by atoms with Crippen molar-refractivity contribution in [2.45, 2.75) is 51.5 Å². The first-order valence-corrected chi connectivity index (χ1v) is 8.98. The Morgan fingerprint density at radius 2 is 1.58 bits per heavy atom. The number of aryl methyl sites for hydroxylation is 1. The first kappa shape index (κ1) is 19.7. The van der Waals surface area contributed by atoms with Gasteiger partial charge < -0.3 is 11.1 Å². The van der Waals surface area contributed by atoms with Crippen LogP contribution in [0.3, 0.4) is 0 Å². The lowest BCUT2D eigenvalue weighted by Crippen LogP contribution is -2.45. The summed E-state index contributed by atoms with van der Waals surface area (Å²) in [5.41, 5.74) is 8.86. The molecule has 0 radical (unpaired) electrons. The number of carbonyl (C=O) groups excluding carboxylic acids is 2. The molecule has 0 bridgehead atoms. The number of nitrogens with two attached hydrogens (primary N) is 1. The van der Waals surface area contributed by atoms with E-state index in [2.05, 4.69) is 38.2 Å². The Morgan fingerprint density at radius 1 is 0.962 bits per heavy atom. The van der Waals surface area contributed by atoms with E-state index in [1.54, 1.807) is 0 Å². The van der Waals surface area contributed by atoms with Crippen molar-refractivity contribution in [3.05, 3.63) is 71.3 Å². The van der Waals surface area contributed by atoms with E-state index in [0.29, 0.717) is 19.3 Å². The van der Waals surface area contributed by atoms with Crippen molar-refractivity contribution >= 4 is 11.8 Å². The fourth-order valence-corrected chi connectivity index (χ4v) is 2.77. The molecule has 0 heterocycles. The van der Waals surface area contributed by atoms with Crippen molar-refractivity contribution < 1.29 is 9.59 Å². The smallest absolute Gasteiger partial charge is 0.240 e. The molecule has 0 aliphatic heterocycles. The van der Waals surface area contributed by atoms with E-state index < -0.39 is 11.9 Å². The predicted molar refractivity (Wildman–Crippen MR) is 105 cm³/mol. The van der Waals surface area contributed by atoms with Crippen LogP contribution in [0.5, 0.6) is 0 Å². The quantitative estimate of drug-likeness (QED) is 0.803. The van der Waals surface area contributed by atoms with Gasteiger partial charge in [-0.15, -0.1) is 0 Å². The minimum absolute atomic E-state index is 0.0767. The third kappa shape index (κ3) is 6.03. The fourth-order valence-electron chi connectivity index (χ4n) is 2.77. The van der Waals surface area contributed by atoms with Gasteiger partial charge in [0.2, 0.25) is 11.8 Å². The molecule has 0 fully saturated rings. The van der Waals surface area contributed by atoms with E-state index in [1.807, 2.05) is 42.5 Å². The number of rotatable bonds is 7. The van der Waals surface area contributed by atoms with Crippen LogP contribution in [0.4, 0.5) is 0 Å². The summed E-state index contributed by atoms with van der Waals surface area (Å²) >= 11 is 0. The van der Waals surface area contributed by atoms with Crippen LogP contribution in [0.15, 0.2) is 54.6 Å². The molecular formula is C22H28N2O2. The molecule has 0 unspecified atom stereocenters. The molecule has 0 aliphatic rings. The van der Waals surface area contributed by atoms with Gasteiger partial charge >= 0.3 is 0 Å². The zero-order valence-electron chi connectivity index (χ0n) is 15.8. The molecule has 0 aromatic heterocycles. The van der Waals surface area contributed by atoms with Crippen LogP contribution in [0, 0.1) is 0 Å². The Labute approximate surface area is 155 Å². The fraction of sp³-hybridized carbons (Fsp3) is 0.364. The number of carbonyl (C=O) groups is 2. The monoisotopic (exact) mass is 352 g/mol. The minimum atomic E-state index is -0.696. The number of primary amides is 1. The number of amides is 2. The molecule has 4 heteroatoms. The average Bonchev–Trinajstić information content (AvgIpc) is 2.60. The summed E-state index contributed by atoms with van der Waals surface area (Å²) in [5, 5.41) is 2.77. The van der Waals surface area contributed by atoms with E-state index >= 15 is 0 Å². The van der Waals surface area contributed by atoms with Crippen molar-refractivity contribution in [1.82, 2.24) is 5.32 Å². The van der Waals surface area contributed by atoms with E-state index in [1.165, 1.54) is 5.56 Å². The second-order valence-electron chi connectivity index (χ2n) is 7.66. The Hall–Kier alpha value is -2.62. The average molecular weight is 352 g/mol. The lowest BCUT2D eigenvalue weighted by Gasteiger charge is -2.20. The largest absolute Gasteiger partial charge is 0.368 e. The third-order valence-electron chi connectivity index (χ3n) is 4.42. The molecule has 1 atom stereocenters. The van der Waals surface area contributed by atoms with Gasteiger partial charge in [0, 0.05) is 12.8 Å². The van der Waals surface area contributed by atoms with E-state index in [9.17, 15) is 9.59 Å². The van der Waals surface area contributed by atoms with Gasteiger partial charge in [0.25, 0.3) is 0 Å². The van der Waals surface area contributed by atoms with Gasteiger partial charge in [-0.1, -0.05) is 75.4 Å². The number of nitrogens with one attached hydrogen (secondary N) is 1. The normalized spacial score (nSPS) is 12.4. The van der Waals surface area contributed by atoms with Gasteiger partial charge in [0.15, 0.2) is 0 Å². The SMILES string of the molecule is CC(C)(C)c1ccc(C[C@H](NC(=O)CCc2ccccc2)C(N)=O)cc1. The maximum Gasteiger partial charge on any atom is 0.240 e. The first-order chi connectivity index (χ1) is 12.3. The Balaban J connectivity index is 1.93. The molecule has 2 aromatic carbocycles. The van der Waals surface area contributed by atoms with Crippen LogP contribution in [0.2, 0.25) is 0 Å². The van der Waals surface area contributed by atoms with Crippen molar-refractivity contribution in [2.75, 3.05) is 0 Å². The van der Waals surface area contributed by atoms with E-state index in [4.69, 9.17) is 5.73 Å². The molecule has 2 amide bonds. The molecule has 0 aliphatic carbocycles. The van der Waals surface area contributed by atoms with Gasteiger partial charge in [0.05, 0.1) is 0 Å². The molecule has 2 aromatic rings. The van der Waals surface area contributed by atoms with E-state index in [-0.39, 0.29) is 11.3 Å². The van der Waals surface area contributed by atoms with Crippen molar-refractivity contribution in [1.29, 1.82) is 0 Å². The van der Waals surface area contributed by atoms with Crippen molar-refractivity contribution in [2.24, 2.45) is 5.73 Å². The van der Waals surface area contributed by atoms with Crippen LogP contribution in [0.25, 0.3) is 0 Å². The highest BCUT2D eigenvalue weighted by molar-refractivity contribution is 5.86. The summed E-state index contributed by atoms with van der Waals surface area (Å²) in [7, 11) is 0. The topological polar surface area (TPSA) is 72.2 Å². The highest BCUT2D eigenvalue weighted by Gasteiger charge is 2.19. The third-order valence-corrected chi connectivity index (χ3v) is 4.42. The van der Waals surface area contributed by atoms with Crippen molar-refractivity contribution in [3.8, 4) is 0 Å². The molecular weight excluding hydrogens is 324 g/mol. The predicted octanol–water partition coefficient (Wildman–Crippen LogP) is 3.13. The Bertz CT molecular complexity index is 731. The second-order valence-corrected chi connectivity index (χ2v) is 7.66.